The van der Waals surface area contributed by atoms with Crippen LogP contribution in [0.4, 0.5) is 0 Å². The van der Waals surface area contributed by atoms with Gasteiger partial charge in [0, 0.05) is 62.1 Å². The molecule has 2 aromatic carbocycles. The van der Waals surface area contributed by atoms with Crippen molar-refractivity contribution < 1.29 is 43.5 Å². The molecule has 7 amide bonds. The predicted molar refractivity (Wildman–Crippen MR) is 253 cm³/mol. The van der Waals surface area contributed by atoms with Crippen LogP contribution < -0.4 is 54.0 Å². The van der Waals surface area contributed by atoms with E-state index in [1.54, 1.807) is 36.5 Å². The molecule has 4 aromatic rings. The molecule has 2 aromatic heterocycles. The van der Waals surface area contributed by atoms with Crippen molar-refractivity contribution in [2.24, 2.45) is 11.5 Å². The fourth-order valence-electron chi connectivity index (χ4n) is 7.77. The van der Waals surface area contributed by atoms with Gasteiger partial charge in [0.1, 0.15) is 36.3 Å². The molecule has 1 saturated heterocycles. The summed E-state index contributed by atoms with van der Waals surface area (Å²) in [6, 6.07) is 7.76. The number of hydrogen-bond donors (Lipinski definition) is 14. The number of carboxylic acids is 1. The average Bonchev–Trinajstić information content (AvgIpc) is 4.00. The number of nitrogens with two attached hydrogens (primary N) is 2. The van der Waals surface area contributed by atoms with Gasteiger partial charge in [-0.15, -0.1) is 0 Å². The van der Waals surface area contributed by atoms with Crippen LogP contribution in [0, 0.1) is 5.41 Å². The van der Waals surface area contributed by atoms with Gasteiger partial charge in [0.25, 0.3) is 0 Å². The predicted octanol–water partition coefficient (Wildman–Crippen LogP) is -1.40. The molecule has 1 fully saturated rings. The number of imidazole rings is 1. The van der Waals surface area contributed by atoms with E-state index < -0.39 is 90.0 Å². The van der Waals surface area contributed by atoms with E-state index in [9.17, 15) is 43.5 Å². The second-order valence-electron chi connectivity index (χ2n) is 16.7. The Balaban J connectivity index is 1.53. The molecule has 0 spiro atoms. The molecule has 370 valence electrons. The number of carbonyl (C=O) groups excluding carboxylic acids is 7. The number of aromatic amines is 2. The van der Waals surface area contributed by atoms with E-state index in [1.165, 1.54) is 12.5 Å². The zero-order valence-corrected chi connectivity index (χ0v) is 38.1. The Kier molecular flexibility index (Phi) is 20.0. The Morgan fingerprint density at radius 1 is 0.696 bits per heavy atom. The number of para-hydroxylation sites is 1. The molecule has 5 rings (SSSR count). The van der Waals surface area contributed by atoms with Crippen LogP contribution in [0.2, 0.25) is 0 Å². The van der Waals surface area contributed by atoms with E-state index in [-0.39, 0.29) is 70.4 Å². The average molecular weight is 955 g/mol. The van der Waals surface area contributed by atoms with Crippen molar-refractivity contribution in [2.45, 2.75) is 107 Å². The smallest absolute Gasteiger partial charge is 0.305 e. The number of amides is 7. The number of unbranched alkanes of at least 4 members (excludes halogenated alkanes) is 1. The van der Waals surface area contributed by atoms with Gasteiger partial charge in [0.2, 0.25) is 41.4 Å². The van der Waals surface area contributed by atoms with Crippen molar-refractivity contribution in [3.05, 3.63) is 90.1 Å². The third kappa shape index (κ3) is 16.8. The number of carboxylic acid groups (broad SMARTS) is 1. The van der Waals surface area contributed by atoms with Gasteiger partial charge in [-0.25, -0.2) is 4.98 Å². The van der Waals surface area contributed by atoms with E-state index in [2.05, 4.69) is 57.5 Å². The fraction of sp³-hybridized carbons (Fsp3) is 0.435. The molecule has 23 heteroatoms. The van der Waals surface area contributed by atoms with Gasteiger partial charge in [0.15, 0.2) is 5.96 Å². The Morgan fingerprint density at radius 2 is 1.29 bits per heavy atom. The summed E-state index contributed by atoms with van der Waals surface area (Å²) in [4.78, 5) is 121. The molecular weight excluding hydrogens is 893 g/mol. The van der Waals surface area contributed by atoms with E-state index in [4.69, 9.17) is 16.9 Å². The van der Waals surface area contributed by atoms with Gasteiger partial charge in [-0.2, -0.15) is 0 Å². The number of aromatic nitrogens is 3. The first-order valence-corrected chi connectivity index (χ1v) is 22.9. The number of hydrogen-bond acceptors (Lipinski definition) is 11. The van der Waals surface area contributed by atoms with Gasteiger partial charge in [-0.3, -0.25) is 43.8 Å². The highest BCUT2D eigenvalue weighted by Crippen LogP contribution is 2.20. The minimum absolute atomic E-state index is 0.0118. The third-order valence-electron chi connectivity index (χ3n) is 11.4. The minimum atomic E-state index is -1.73. The molecule has 0 bridgehead atoms. The van der Waals surface area contributed by atoms with Crippen LogP contribution in [0.3, 0.4) is 0 Å². The normalized spacial score (nSPS) is 21.7. The number of H-pyrrole nitrogens is 2. The molecular formula is C46H62N14O9. The molecule has 0 aliphatic carbocycles. The summed E-state index contributed by atoms with van der Waals surface area (Å²) in [6.45, 7) is 0.424. The lowest BCUT2D eigenvalue weighted by Gasteiger charge is -2.27. The number of benzene rings is 2. The number of guanidine groups is 1. The molecule has 1 aliphatic heterocycles. The van der Waals surface area contributed by atoms with Crippen molar-refractivity contribution in [2.75, 3.05) is 19.6 Å². The number of fused-ring (bicyclic) bond motifs is 1. The number of nitrogens with one attached hydrogen (secondary N) is 11. The van der Waals surface area contributed by atoms with Crippen LogP contribution in [0.25, 0.3) is 10.9 Å². The van der Waals surface area contributed by atoms with E-state index in [0.717, 1.165) is 10.9 Å². The Bertz CT molecular complexity index is 2390. The number of carbonyl (C=O) groups is 8. The van der Waals surface area contributed by atoms with Crippen LogP contribution in [0.15, 0.2) is 73.3 Å². The Morgan fingerprint density at radius 3 is 1.96 bits per heavy atom. The highest BCUT2D eigenvalue weighted by atomic mass is 16.4. The molecule has 6 atom stereocenters. The lowest BCUT2D eigenvalue weighted by Crippen LogP contribution is -2.60. The van der Waals surface area contributed by atoms with Gasteiger partial charge in [-0.1, -0.05) is 48.5 Å². The first-order valence-electron chi connectivity index (χ1n) is 22.9. The molecule has 23 nitrogen and oxygen atoms in total. The first-order chi connectivity index (χ1) is 33.2. The van der Waals surface area contributed by atoms with Crippen LogP contribution in [0.5, 0.6) is 0 Å². The topological polar surface area (TPSA) is 373 Å². The fourth-order valence-corrected chi connectivity index (χ4v) is 7.77. The van der Waals surface area contributed by atoms with E-state index >= 15 is 0 Å². The Labute approximate surface area is 397 Å². The van der Waals surface area contributed by atoms with Gasteiger partial charge in [0.05, 0.1) is 18.4 Å². The number of nitrogens with zero attached hydrogens (tertiary/aromatic N) is 1. The van der Waals surface area contributed by atoms with Crippen molar-refractivity contribution in [1.29, 1.82) is 5.41 Å². The summed E-state index contributed by atoms with van der Waals surface area (Å²) < 4.78 is 0. The summed E-state index contributed by atoms with van der Waals surface area (Å²) in [5.41, 5.74) is 13.6. The summed E-state index contributed by atoms with van der Waals surface area (Å²) in [5, 5.41) is 39.6. The molecule has 3 heterocycles. The zero-order valence-electron chi connectivity index (χ0n) is 38.1. The van der Waals surface area contributed by atoms with Gasteiger partial charge >= 0.3 is 5.97 Å². The highest BCUT2D eigenvalue weighted by Gasteiger charge is 2.35. The first kappa shape index (κ1) is 52.2. The molecule has 1 aliphatic rings. The summed E-state index contributed by atoms with van der Waals surface area (Å²) in [5.74, 6) is -7.27. The molecule has 0 saturated carbocycles. The second-order valence-corrected chi connectivity index (χ2v) is 16.7. The van der Waals surface area contributed by atoms with Crippen molar-refractivity contribution in [1.82, 2.24) is 57.5 Å². The van der Waals surface area contributed by atoms with Crippen molar-refractivity contribution in [3.8, 4) is 0 Å². The maximum Gasteiger partial charge on any atom is 0.305 e. The van der Waals surface area contributed by atoms with Crippen LogP contribution in [-0.2, 0) is 57.6 Å². The number of rotatable bonds is 16. The molecule has 16 N–H and O–H groups in total. The standard InChI is InChI=1S/C46H62N14O9/c47-17-7-6-14-32-41(65)60-37(23-39(62)63)45(69)59-36(22-29-25-50-26-54-29)44(68)57-34(20-27-10-2-1-3-11-27)43(67)56-33(15-8-19-52-46(48)49)42(66)58-35(40(64)51-18-9-16-38(61)55-32)21-28-24-53-31-13-5-4-12-30(28)31/h1-5,10-13,24-26,32-37,53H,6-9,14-23,47H2,(H,50,54)(H,51,64)(H,55,61)(H,56,67)(H,57,68)(H,58,66)(H,59,69)(H,60,65)(H,62,63)(H4,48,49,52)/t32-,33-,34+,35-,36-,37-/m0/s1. The maximum atomic E-state index is 14.5. The quantitative estimate of drug-likeness (QED) is 0.0350. The lowest BCUT2D eigenvalue weighted by atomic mass is 10.0. The highest BCUT2D eigenvalue weighted by molar-refractivity contribution is 5.98. The zero-order chi connectivity index (χ0) is 49.7. The van der Waals surface area contributed by atoms with E-state index in [0.29, 0.717) is 36.2 Å². The summed E-state index contributed by atoms with van der Waals surface area (Å²) in [6.07, 6.45) is 4.45. The second kappa shape index (κ2) is 26.5. The van der Waals surface area contributed by atoms with Crippen LogP contribution in [-0.4, -0.2) is 129 Å². The van der Waals surface area contributed by atoms with Gasteiger partial charge < -0.3 is 69.1 Å². The van der Waals surface area contributed by atoms with Crippen molar-refractivity contribution >= 4 is 64.2 Å². The molecule has 0 unspecified atom stereocenters. The maximum absolute atomic E-state index is 14.5. The third-order valence-corrected chi connectivity index (χ3v) is 11.4. The summed E-state index contributed by atoms with van der Waals surface area (Å²) in [7, 11) is 0. The summed E-state index contributed by atoms with van der Waals surface area (Å²) >= 11 is 0. The molecule has 69 heavy (non-hydrogen) atoms. The molecule has 0 radical (unpaired) electrons. The van der Waals surface area contributed by atoms with Crippen LogP contribution >= 0.6 is 0 Å². The monoisotopic (exact) mass is 954 g/mol. The Hall–Kier alpha value is -7.82. The minimum Gasteiger partial charge on any atom is -0.481 e. The number of aliphatic carboxylic acids is 1. The van der Waals surface area contributed by atoms with Crippen molar-refractivity contribution in [3.63, 3.8) is 0 Å². The van der Waals surface area contributed by atoms with Gasteiger partial charge in [-0.05, 0) is 62.3 Å². The SMILES string of the molecule is N=C(N)NCCC[C@@H]1NC(=O)[C@@H](Cc2ccccc2)NC(=O)[C@H](Cc2c[nH]cn2)NC(=O)[C@H](CC(=O)O)NC(=O)[C@H](CCCCN)NC(=O)CCCNC(=O)[C@H](Cc2c[nH]c3ccccc23)NC1=O. The van der Waals surface area contributed by atoms with E-state index in [1.807, 2.05) is 24.3 Å². The van der Waals surface area contributed by atoms with Crippen LogP contribution in [0.1, 0.15) is 68.2 Å². The lowest BCUT2D eigenvalue weighted by molar-refractivity contribution is -0.141. The largest absolute Gasteiger partial charge is 0.481 e.